The first-order chi connectivity index (χ1) is 5.86. The van der Waals surface area contributed by atoms with E-state index >= 15 is 0 Å². The van der Waals surface area contributed by atoms with Crippen LogP contribution >= 0.6 is 0 Å². The van der Waals surface area contributed by atoms with Crippen molar-refractivity contribution in [3.8, 4) is 5.75 Å². The molecule has 0 amide bonds. The van der Waals surface area contributed by atoms with Crippen LogP contribution in [0.5, 0.6) is 5.75 Å². The van der Waals surface area contributed by atoms with Crippen molar-refractivity contribution in [3.63, 3.8) is 0 Å². The SMILES string of the molecule is CNNCc1ccc(OC)cc1. The van der Waals surface area contributed by atoms with Gasteiger partial charge in [-0.1, -0.05) is 12.1 Å². The maximum absolute atomic E-state index is 5.04. The minimum atomic E-state index is 0.820. The van der Waals surface area contributed by atoms with Crippen LogP contribution in [-0.2, 0) is 6.54 Å². The van der Waals surface area contributed by atoms with Gasteiger partial charge in [0.2, 0.25) is 0 Å². The molecule has 0 saturated heterocycles. The molecule has 0 saturated carbocycles. The first-order valence-electron chi connectivity index (χ1n) is 3.89. The van der Waals surface area contributed by atoms with E-state index < -0.39 is 0 Å². The Hall–Kier alpha value is -1.06. The number of hydrazine groups is 1. The van der Waals surface area contributed by atoms with E-state index in [9.17, 15) is 0 Å². The fourth-order valence-electron chi connectivity index (χ4n) is 0.934. The molecule has 0 fully saturated rings. The van der Waals surface area contributed by atoms with E-state index in [1.165, 1.54) is 5.56 Å². The molecule has 0 aliphatic rings. The van der Waals surface area contributed by atoms with Gasteiger partial charge in [0.05, 0.1) is 7.11 Å². The zero-order valence-corrected chi connectivity index (χ0v) is 7.42. The summed E-state index contributed by atoms with van der Waals surface area (Å²) in [6.07, 6.45) is 0. The summed E-state index contributed by atoms with van der Waals surface area (Å²) in [5.74, 6) is 0.892. The minimum Gasteiger partial charge on any atom is -0.497 e. The molecule has 1 rings (SSSR count). The smallest absolute Gasteiger partial charge is 0.118 e. The fraction of sp³-hybridized carbons (Fsp3) is 0.333. The zero-order chi connectivity index (χ0) is 8.81. The highest BCUT2D eigenvalue weighted by Crippen LogP contribution is 2.10. The largest absolute Gasteiger partial charge is 0.497 e. The number of ether oxygens (including phenoxy) is 1. The number of methoxy groups -OCH3 is 1. The zero-order valence-electron chi connectivity index (χ0n) is 7.42. The van der Waals surface area contributed by atoms with Crippen LogP contribution in [0, 0.1) is 0 Å². The Balaban J connectivity index is 2.53. The average molecular weight is 166 g/mol. The van der Waals surface area contributed by atoms with E-state index in [1.807, 2.05) is 31.3 Å². The first kappa shape index (κ1) is 9.03. The molecule has 0 radical (unpaired) electrons. The van der Waals surface area contributed by atoms with Crippen LogP contribution in [-0.4, -0.2) is 14.2 Å². The van der Waals surface area contributed by atoms with Crippen molar-refractivity contribution in [2.75, 3.05) is 14.2 Å². The van der Waals surface area contributed by atoms with Crippen molar-refractivity contribution in [3.05, 3.63) is 29.8 Å². The minimum absolute atomic E-state index is 0.820. The molecule has 0 aromatic heterocycles. The number of hydrogen-bond donors (Lipinski definition) is 2. The van der Waals surface area contributed by atoms with Gasteiger partial charge in [0.15, 0.2) is 0 Å². The fourth-order valence-corrected chi connectivity index (χ4v) is 0.934. The Morgan fingerprint density at radius 2 is 1.92 bits per heavy atom. The van der Waals surface area contributed by atoms with Gasteiger partial charge >= 0.3 is 0 Å². The van der Waals surface area contributed by atoms with Crippen LogP contribution in [0.1, 0.15) is 5.56 Å². The highest BCUT2D eigenvalue weighted by atomic mass is 16.5. The highest BCUT2D eigenvalue weighted by molar-refractivity contribution is 5.26. The number of rotatable bonds is 4. The number of nitrogens with one attached hydrogen (secondary N) is 2. The molecule has 0 aliphatic carbocycles. The third kappa shape index (κ3) is 2.53. The van der Waals surface area contributed by atoms with Gasteiger partial charge in [0.1, 0.15) is 5.75 Å². The van der Waals surface area contributed by atoms with Crippen LogP contribution in [0.15, 0.2) is 24.3 Å². The molecule has 3 heteroatoms. The van der Waals surface area contributed by atoms with Gasteiger partial charge in [0, 0.05) is 6.54 Å². The summed E-state index contributed by atoms with van der Waals surface area (Å²) in [7, 11) is 3.52. The molecule has 0 bridgehead atoms. The van der Waals surface area contributed by atoms with Crippen molar-refractivity contribution in [2.24, 2.45) is 0 Å². The average Bonchev–Trinajstić information content (AvgIpc) is 2.15. The molecule has 0 atom stereocenters. The lowest BCUT2D eigenvalue weighted by Gasteiger charge is -2.03. The Morgan fingerprint density at radius 3 is 2.42 bits per heavy atom. The summed E-state index contributed by atoms with van der Waals surface area (Å²) < 4.78 is 5.04. The molecule has 0 spiro atoms. The van der Waals surface area contributed by atoms with Crippen molar-refractivity contribution in [2.45, 2.75) is 6.54 Å². The summed E-state index contributed by atoms with van der Waals surface area (Å²) >= 11 is 0. The van der Waals surface area contributed by atoms with Crippen molar-refractivity contribution in [1.82, 2.24) is 10.9 Å². The standard InChI is InChI=1S/C9H14N2O/c1-10-11-7-8-3-5-9(12-2)6-4-8/h3-6,10-11H,7H2,1-2H3. The lowest BCUT2D eigenvalue weighted by Crippen LogP contribution is -2.26. The van der Waals surface area contributed by atoms with Crippen LogP contribution in [0.4, 0.5) is 0 Å². The van der Waals surface area contributed by atoms with E-state index in [1.54, 1.807) is 7.11 Å². The molecule has 66 valence electrons. The second kappa shape index (κ2) is 4.74. The van der Waals surface area contributed by atoms with E-state index in [0.717, 1.165) is 12.3 Å². The molecule has 1 aromatic rings. The van der Waals surface area contributed by atoms with Crippen molar-refractivity contribution in [1.29, 1.82) is 0 Å². The third-order valence-electron chi connectivity index (χ3n) is 1.63. The molecule has 0 aliphatic heterocycles. The lowest BCUT2D eigenvalue weighted by atomic mass is 10.2. The van der Waals surface area contributed by atoms with E-state index in [-0.39, 0.29) is 0 Å². The van der Waals surface area contributed by atoms with Crippen LogP contribution in [0.25, 0.3) is 0 Å². The molecular formula is C9H14N2O. The Kier molecular flexibility index (Phi) is 3.57. The maximum atomic E-state index is 5.04. The summed E-state index contributed by atoms with van der Waals surface area (Å²) in [5.41, 5.74) is 7.10. The van der Waals surface area contributed by atoms with Gasteiger partial charge in [-0.05, 0) is 24.7 Å². The normalized spacial score (nSPS) is 9.83. The van der Waals surface area contributed by atoms with E-state index in [4.69, 9.17) is 4.74 Å². The van der Waals surface area contributed by atoms with Gasteiger partial charge in [0.25, 0.3) is 0 Å². The van der Waals surface area contributed by atoms with Crippen LogP contribution in [0.2, 0.25) is 0 Å². The topological polar surface area (TPSA) is 33.3 Å². The number of hydrogen-bond acceptors (Lipinski definition) is 3. The van der Waals surface area contributed by atoms with Crippen LogP contribution < -0.4 is 15.6 Å². The summed E-state index contributed by atoms with van der Waals surface area (Å²) in [6, 6.07) is 7.96. The van der Waals surface area contributed by atoms with Gasteiger partial charge in [-0.3, -0.25) is 10.9 Å². The quantitative estimate of drug-likeness (QED) is 0.652. The third-order valence-corrected chi connectivity index (χ3v) is 1.63. The number of benzene rings is 1. The van der Waals surface area contributed by atoms with Gasteiger partial charge in [-0.15, -0.1) is 0 Å². The Bertz CT molecular complexity index is 220. The van der Waals surface area contributed by atoms with Gasteiger partial charge < -0.3 is 4.74 Å². The maximum Gasteiger partial charge on any atom is 0.118 e. The molecule has 1 aromatic carbocycles. The second-order valence-electron chi connectivity index (χ2n) is 2.45. The molecule has 0 unspecified atom stereocenters. The van der Waals surface area contributed by atoms with Crippen molar-refractivity contribution < 1.29 is 4.74 Å². The Morgan fingerprint density at radius 1 is 1.25 bits per heavy atom. The molecule has 12 heavy (non-hydrogen) atoms. The summed E-state index contributed by atoms with van der Waals surface area (Å²) in [4.78, 5) is 0. The van der Waals surface area contributed by atoms with Gasteiger partial charge in [-0.25, -0.2) is 0 Å². The first-order valence-corrected chi connectivity index (χ1v) is 3.89. The Labute approximate surface area is 72.7 Å². The molecule has 2 N–H and O–H groups in total. The molecular weight excluding hydrogens is 152 g/mol. The summed E-state index contributed by atoms with van der Waals surface area (Å²) in [5, 5.41) is 0. The summed E-state index contributed by atoms with van der Waals surface area (Å²) in [6.45, 7) is 0.820. The molecule has 3 nitrogen and oxygen atoms in total. The van der Waals surface area contributed by atoms with Crippen LogP contribution in [0.3, 0.4) is 0 Å². The highest BCUT2D eigenvalue weighted by Gasteiger charge is 1.91. The molecule has 0 heterocycles. The van der Waals surface area contributed by atoms with E-state index in [2.05, 4.69) is 10.9 Å². The predicted octanol–water partition coefficient (Wildman–Crippen LogP) is 0.919. The van der Waals surface area contributed by atoms with Gasteiger partial charge in [-0.2, -0.15) is 0 Å². The second-order valence-corrected chi connectivity index (χ2v) is 2.45. The van der Waals surface area contributed by atoms with Crippen molar-refractivity contribution >= 4 is 0 Å². The lowest BCUT2D eigenvalue weighted by molar-refractivity contribution is 0.414. The van der Waals surface area contributed by atoms with E-state index in [0.29, 0.717) is 0 Å². The monoisotopic (exact) mass is 166 g/mol. The predicted molar refractivity (Wildman–Crippen MR) is 48.9 cm³/mol.